The fourth-order valence-corrected chi connectivity index (χ4v) is 9.07. The van der Waals surface area contributed by atoms with E-state index in [0.717, 1.165) is 47.9 Å². The molecular formula is C31H46OS. The normalized spacial score (nSPS) is 33.3. The zero-order chi connectivity index (χ0) is 22.6. The zero-order valence-corrected chi connectivity index (χ0v) is 22.0. The number of benzene rings is 1. The van der Waals surface area contributed by atoms with Gasteiger partial charge in [-0.25, -0.2) is 0 Å². The molecule has 0 bridgehead atoms. The van der Waals surface area contributed by atoms with Crippen LogP contribution in [-0.2, 0) is 0 Å². The van der Waals surface area contributed by atoms with Gasteiger partial charge in [0, 0.05) is 9.58 Å². The Morgan fingerprint density at radius 2 is 1.30 bits per heavy atom. The van der Waals surface area contributed by atoms with Crippen LogP contribution in [0.5, 0.6) is 5.75 Å². The quantitative estimate of drug-likeness (QED) is 0.394. The number of ether oxygens (including phenoxy) is 1. The van der Waals surface area contributed by atoms with Crippen molar-refractivity contribution in [2.45, 2.75) is 110 Å². The highest BCUT2D eigenvalue weighted by Gasteiger charge is 2.35. The predicted octanol–water partition coefficient (Wildman–Crippen LogP) is 9.99. The second-order valence-corrected chi connectivity index (χ2v) is 12.8. The van der Waals surface area contributed by atoms with E-state index in [1.807, 2.05) is 11.3 Å². The maximum atomic E-state index is 5.72. The molecule has 182 valence electrons. The molecule has 0 atom stereocenters. The van der Waals surface area contributed by atoms with Crippen LogP contribution in [0.2, 0.25) is 0 Å². The molecule has 3 fully saturated rings. The van der Waals surface area contributed by atoms with E-state index in [9.17, 15) is 0 Å². The van der Waals surface area contributed by atoms with Crippen molar-refractivity contribution < 1.29 is 4.74 Å². The van der Waals surface area contributed by atoms with Crippen LogP contribution in [-0.4, -0.2) is 6.61 Å². The van der Waals surface area contributed by atoms with Gasteiger partial charge in [-0.15, -0.1) is 11.3 Å². The maximum absolute atomic E-state index is 5.72. The Hall–Kier alpha value is -1.02. The standard InChI is InChI=1S/C31H46OS/c1-3-5-22-6-8-23(9-7-22)24-10-12-25(13-11-24)26-14-16-27(17-15-26)30-20-28-18-19-29(32-4-2)21-31(28)33-30/h18-27H,3-17H2,1-2H3. The van der Waals surface area contributed by atoms with Crippen molar-refractivity contribution in [3.63, 3.8) is 0 Å². The molecule has 0 radical (unpaired) electrons. The molecule has 33 heavy (non-hydrogen) atoms. The highest BCUT2D eigenvalue weighted by Crippen LogP contribution is 2.48. The zero-order valence-electron chi connectivity index (χ0n) is 21.2. The summed E-state index contributed by atoms with van der Waals surface area (Å²) in [5, 5.41) is 1.41. The van der Waals surface area contributed by atoms with Gasteiger partial charge in [0.25, 0.3) is 0 Å². The van der Waals surface area contributed by atoms with Crippen LogP contribution in [0.25, 0.3) is 10.1 Å². The first-order valence-electron chi connectivity index (χ1n) is 14.4. The van der Waals surface area contributed by atoms with Crippen LogP contribution in [0.4, 0.5) is 0 Å². The Labute approximate surface area is 206 Å². The second kappa shape index (κ2) is 11.1. The number of fused-ring (bicyclic) bond motifs is 1. The smallest absolute Gasteiger partial charge is 0.120 e. The molecule has 0 amide bonds. The summed E-state index contributed by atoms with van der Waals surface area (Å²) in [6.07, 6.45) is 21.0. The van der Waals surface area contributed by atoms with Gasteiger partial charge in [-0.2, -0.15) is 0 Å². The van der Waals surface area contributed by atoms with Gasteiger partial charge < -0.3 is 4.74 Å². The molecule has 0 unspecified atom stereocenters. The van der Waals surface area contributed by atoms with Gasteiger partial charge >= 0.3 is 0 Å². The van der Waals surface area contributed by atoms with Gasteiger partial charge in [0.2, 0.25) is 0 Å². The maximum Gasteiger partial charge on any atom is 0.120 e. The lowest BCUT2D eigenvalue weighted by atomic mass is 9.65. The number of hydrogen-bond acceptors (Lipinski definition) is 2. The Morgan fingerprint density at radius 1 is 0.727 bits per heavy atom. The lowest BCUT2D eigenvalue weighted by Crippen LogP contribution is -2.29. The van der Waals surface area contributed by atoms with Crippen molar-refractivity contribution in [1.29, 1.82) is 0 Å². The van der Waals surface area contributed by atoms with E-state index >= 15 is 0 Å². The Balaban J connectivity index is 1.09. The Morgan fingerprint density at radius 3 is 1.88 bits per heavy atom. The van der Waals surface area contributed by atoms with Gasteiger partial charge in [-0.3, -0.25) is 0 Å². The SMILES string of the molecule is CCCC1CCC(C2CCC(C3CCC(c4cc5ccc(OCC)cc5s4)CC3)CC2)CC1. The summed E-state index contributed by atoms with van der Waals surface area (Å²) < 4.78 is 7.12. The van der Waals surface area contributed by atoms with Crippen LogP contribution in [0, 0.1) is 29.6 Å². The monoisotopic (exact) mass is 466 g/mol. The Kier molecular flexibility index (Phi) is 8.01. The highest BCUT2D eigenvalue weighted by atomic mass is 32.1. The first-order chi connectivity index (χ1) is 16.2. The van der Waals surface area contributed by atoms with Crippen molar-refractivity contribution in [1.82, 2.24) is 0 Å². The minimum atomic E-state index is 0.746. The van der Waals surface area contributed by atoms with E-state index in [-0.39, 0.29) is 0 Å². The van der Waals surface area contributed by atoms with Crippen molar-refractivity contribution in [2.75, 3.05) is 6.61 Å². The van der Waals surface area contributed by atoms with Crippen LogP contribution in [0.1, 0.15) is 115 Å². The fourth-order valence-electron chi connectivity index (χ4n) is 7.81. The molecular weight excluding hydrogens is 420 g/mol. The van der Waals surface area contributed by atoms with Crippen molar-refractivity contribution >= 4 is 21.4 Å². The first kappa shape index (κ1) is 23.7. The van der Waals surface area contributed by atoms with Crippen LogP contribution in [0.3, 0.4) is 0 Å². The highest BCUT2D eigenvalue weighted by molar-refractivity contribution is 7.19. The minimum Gasteiger partial charge on any atom is -0.494 e. The van der Waals surface area contributed by atoms with E-state index in [2.05, 4.69) is 38.1 Å². The molecule has 0 aliphatic heterocycles. The van der Waals surface area contributed by atoms with Crippen LogP contribution >= 0.6 is 11.3 Å². The third-order valence-electron chi connectivity index (χ3n) is 9.73. The average Bonchev–Trinajstić information content (AvgIpc) is 3.29. The molecule has 1 aromatic heterocycles. The summed E-state index contributed by atoms with van der Waals surface area (Å²) in [5.74, 6) is 7.07. The third kappa shape index (κ3) is 5.63. The molecule has 2 heteroatoms. The summed E-state index contributed by atoms with van der Waals surface area (Å²) in [5.41, 5.74) is 0. The molecule has 1 nitrogen and oxygen atoms in total. The topological polar surface area (TPSA) is 9.23 Å². The largest absolute Gasteiger partial charge is 0.494 e. The molecule has 0 spiro atoms. The molecule has 0 saturated heterocycles. The summed E-state index contributed by atoms with van der Waals surface area (Å²) in [6, 6.07) is 9.10. The Bertz CT molecular complexity index is 860. The summed E-state index contributed by atoms with van der Waals surface area (Å²) >= 11 is 2.02. The second-order valence-electron chi connectivity index (χ2n) is 11.6. The van der Waals surface area contributed by atoms with Gasteiger partial charge in [0.15, 0.2) is 0 Å². The van der Waals surface area contributed by atoms with Crippen LogP contribution in [0.15, 0.2) is 24.3 Å². The van der Waals surface area contributed by atoms with E-state index in [0.29, 0.717) is 0 Å². The van der Waals surface area contributed by atoms with E-state index in [4.69, 9.17) is 4.74 Å². The van der Waals surface area contributed by atoms with E-state index in [1.165, 1.54) is 74.3 Å². The summed E-state index contributed by atoms with van der Waals surface area (Å²) in [7, 11) is 0. The van der Waals surface area contributed by atoms with E-state index < -0.39 is 0 Å². The molecule has 3 saturated carbocycles. The minimum absolute atomic E-state index is 0.746. The lowest BCUT2D eigenvalue weighted by molar-refractivity contribution is 0.109. The molecule has 1 aromatic carbocycles. The first-order valence-corrected chi connectivity index (χ1v) is 15.2. The molecule has 3 aliphatic rings. The van der Waals surface area contributed by atoms with Crippen molar-refractivity contribution in [3.8, 4) is 5.75 Å². The lowest BCUT2D eigenvalue weighted by Gasteiger charge is -2.41. The fraction of sp³-hybridized carbons (Fsp3) is 0.742. The van der Waals surface area contributed by atoms with Gasteiger partial charge in [0.05, 0.1) is 6.61 Å². The average molecular weight is 467 g/mol. The predicted molar refractivity (Wildman–Crippen MR) is 143 cm³/mol. The third-order valence-corrected chi connectivity index (χ3v) is 11.0. The summed E-state index contributed by atoms with van der Waals surface area (Å²) in [6.45, 7) is 5.17. The molecule has 2 aromatic rings. The molecule has 5 rings (SSSR count). The van der Waals surface area contributed by atoms with Crippen molar-refractivity contribution in [3.05, 3.63) is 29.1 Å². The summed E-state index contributed by atoms with van der Waals surface area (Å²) in [4.78, 5) is 1.62. The van der Waals surface area contributed by atoms with Crippen molar-refractivity contribution in [2.24, 2.45) is 29.6 Å². The molecule has 0 N–H and O–H groups in total. The number of rotatable bonds is 7. The van der Waals surface area contributed by atoms with Gasteiger partial charge in [-0.1, -0.05) is 32.6 Å². The van der Waals surface area contributed by atoms with Gasteiger partial charge in [-0.05, 0) is 136 Å². The number of hydrogen-bond donors (Lipinski definition) is 0. The van der Waals surface area contributed by atoms with Crippen LogP contribution < -0.4 is 4.74 Å². The molecule has 1 heterocycles. The number of thiophene rings is 1. The van der Waals surface area contributed by atoms with Gasteiger partial charge in [0.1, 0.15) is 5.75 Å². The molecule has 3 aliphatic carbocycles. The van der Waals surface area contributed by atoms with E-state index in [1.54, 1.807) is 30.6 Å².